The Morgan fingerprint density at radius 1 is 1.26 bits per heavy atom. The average molecular weight is 316 g/mol. The van der Waals surface area contributed by atoms with Gasteiger partial charge in [0.25, 0.3) is 0 Å². The standard InChI is InChI=1S/C19H28N2O2/c1-6-21(14(4)5)11-10-15-12-20-18-16(15)8-7-9-17(18)23-19(22)13(2)3/h7-9,12-14,20H,6,10-11H2,1-5H3. The maximum atomic E-state index is 11.8. The van der Waals surface area contributed by atoms with Crippen molar-refractivity contribution in [2.24, 2.45) is 5.92 Å². The van der Waals surface area contributed by atoms with Crippen LogP contribution < -0.4 is 4.74 Å². The molecule has 0 spiro atoms. The Kier molecular flexibility index (Phi) is 5.83. The number of nitrogens with zero attached hydrogens (tertiary/aromatic N) is 1. The molecule has 23 heavy (non-hydrogen) atoms. The molecule has 0 amide bonds. The van der Waals surface area contributed by atoms with Crippen LogP contribution in [0.4, 0.5) is 0 Å². The van der Waals surface area contributed by atoms with E-state index in [0.29, 0.717) is 11.8 Å². The van der Waals surface area contributed by atoms with Crippen molar-refractivity contribution in [2.75, 3.05) is 13.1 Å². The SMILES string of the molecule is CCN(CCc1c[nH]c2c(OC(=O)C(C)C)cccc12)C(C)C. The summed E-state index contributed by atoms with van der Waals surface area (Å²) in [5, 5.41) is 1.14. The van der Waals surface area contributed by atoms with Crippen molar-refractivity contribution in [1.29, 1.82) is 0 Å². The van der Waals surface area contributed by atoms with Gasteiger partial charge in [-0.15, -0.1) is 0 Å². The van der Waals surface area contributed by atoms with Gasteiger partial charge in [0.05, 0.1) is 11.4 Å². The van der Waals surface area contributed by atoms with Crippen LogP contribution >= 0.6 is 0 Å². The first-order valence-electron chi connectivity index (χ1n) is 8.48. The van der Waals surface area contributed by atoms with Crippen LogP contribution in [0.25, 0.3) is 10.9 Å². The van der Waals surface area contributed by atoms with Gasteiger partial charge in [-0.1, -0.05) is 32.9 Å². The van der Waals surface area contributed by atoms with Crippen LogP contribution in [0.1, 0.15) is 40.2 Å². The van der Waals surface area contributed by atoms with Gasteiger partial charge in [-0.25, -0.2) is 0 Å². The lowest BCUT2D eigenvalue weighted by atomic mass is 10.1. The molecule has 126 valence electrons. The summed E-state index contributed by atoms with van der Waals surface area (Å²) in [6.07, 6.45) is 3.01. The average Bonchev–Trinajstić information content (AvgIpc) is 2.92. The van der Waals surface area contributed by atoms with Crippen molar-refractivity contribution in [3.63, 3.8) is 0 Å². The number of benzene rings is 1. The van der Waals surface area contributed by atoms with E-state index in [1.54, 1.807) is 0 Å². The molecular weight excluding hydrogens is 288 g/mol. The summed E-state index contributed by atoms with van der Waals surface area (Å²) in [5.41, 5.74) is 2.17. The van der Waals surface area contributed by atoms with E-state index < -0.39 is 0 Å². The number of para-hydroxylation sites is 1. The number of hydrogen-bond donors (Lipinski definition) is 1. The summed E-state index contributed by atoms with van der Waals surface area (Å²) < 4.78 is 5.51. The quantitative estimate of drug-likeness (QED) is 0.620. The third-order valence-corrected chi connectivity index (χ3v) is 4.25. The molecule has 0 fully saturated rings. The third kappa shape index (κ3) is 4.14. The van der Waals surface area contributed by atoms with Crippen LogP contribution in [0.5, 0.6) is 5.75 Å². The van der Waals surface area contributed by atoms with Gasteiger partial charge in [-0.2, -0.15) is 0 Å². The number of esters is 1. The number of aromatic amines is 1. The highest BCUT2D eigenvalue weighted by atomic mass is 16.5. The van der Waals surface area contributed by atoms with Gasteiger partial charge in [0.1, 0.15) is 0 Å². The number of fused-ring (bicyclic) bond motifs is 1. The predicted octanol–water partition coefficient (Wildman–Crippen LogP) is 4.00. The van der Waals surface area contributed by atoms with Crippen LogP contribution in [0, 0.1) is 5.92 Å². The second-order valence-electron chi connectivity index (χ2n) is 6.54. The van der Waals surface area contributed by atoms with Crippen LogP contribution in [0.3, 0.4) is 0 Å². The minimum Gasteiger partial charge on any atom is -0.424 e. The molecule has 4 heteroatoms. The minimum atomic E-state index is -0.203. The highest BCUT2D eigenvalue weighted by molar-refractivity contribution is 5.90. The lowest BCUT2D eigenvalue weighted by Gasteiger charge is -2.24. The Bertz CT molecular complexity index is 658. The van der Waals surface area contributed by atoms with Crippen LogP contribution in [0.2, 0.25) is 0 Å². The predicted molar refractivity (Wildman–Crippen MR) is 94.9 cm³/mol. The Balaban J connectivity index is 2.19. The zero-order chi connectivity index (χ0) is 17.0. The Hall–Kier alpha value is -1.81. The van der Waals surface area contributed by atoms with Crippen LogP contribution in [-0.4, -0.2) is 35.0 Å². The smallest absolute Gasteiger partial charge is 0.313 e. The molecule has 0 radical (unpaired) electrons. The van der Waals surface area contributed by atoms with Crippen LogP contribution in [0.15, 0.2) is 24.4 Å². The highest BCUT2D eigenvalue weighted by Gasteiger charge is 2.15. The number of rotatable bonds is 7. The number of nitrogens with one attached hydrogen (secondary N) is 1. The first-order valence-corrected chi connectivity index (χ1v) is 8.48. The molecule has 0 aliphatic rings. The number of carbonyl (C=O) groups excluding carboxylic acids is 1. The van der Waals surface area contributed by atoms with Crippen molar-refractivity contribution in [3.8, 4) is 5.75 Å². The minimum absolute atomic E-state index is 0.135. The fourth-order valence-electron chi connectivity index (χ4n) is 2.75. The van der Waals surface area contributed by atoms with E-state index in [0.717, 1.165) is 30.4 Å². The van der Waals surface area contributed by atoms with E-state index in [-0.39, 0.29) is 11.9 Å². The molecule has 1 aromatic heterocycles. The molecule has 1 aromatic carbocycles. The second-order valence-corrected chi connectivity index (χ2v) is 6.54. The van der Waals surface area contributed by atoms with E-state index in [2.05, 4.69) is 36.7 Å². The summed E-state index contributed by atoms with van der Waals surface area (Å²) in [7, 11) is 0. The van der Waals surface area contributed by atoms with Crippen molar-refractivity contribution in [3.05, 3.63) is 30.0 Å². The first-order chi connectivity index (χ1) is 10.9. The van der Waals surface area contributed by atoms with Crippen molar-refractivity contribution >= 4 is 16.9 Å². The number of likely N-dealkylation sites (N-methyl/N-ethyl adjacent to an activating group) is 1. The summed E-state index contributed by atoms with van der Waals surface area (Å²) in [4.78, 5) is 17.6. The maximum Gasteiger partial charge on any atom is 0.313 e. The number of H-pyrrole nitrogens is 1. The fourth-order valence-corrected chi connectivity index (χ4v) is 2.75. The van der Waals surface area contributed by atoms with Crippen molar-refractivity contribution in [2.45, 2.75) is 47.1 Å². The molecule has 0 bridgehead atoms. The fraction of sp³-hybridized carbons (Fsp3) is 0.526. The van der Waals surface area contributed by atoms with Gasteiger partial charge in [0.2, 0.25) is 0 Å². The molecule has 2 rings (SSSR count). The largest absolute Gasteiger partial charge is 0.424 e. The van der Waals surface area contributed by atoms with Gasteiger partial charge in [-0.05, 0) is 38.4 Å². The van der Waals surface area contributed by atoms with E-state index in [4.69, 9.17) is 4.74 Å². The van der Waals surface area contributed by atoms with Crippen molar-refractivity contribution in [1.82, 2.24) is 9.88 Å². The van der Waals surface area contributed by atoms with E-state index in [1.807, 2.05) is 32.2 Å². The monoisotopic (exact) mass is 316 g/mol. The molecule has 0 saturated heterocycles. The molecule has 1 heterocycles. The molecule has 2 aromatic rings. The molecule has 4 nitrogen and oxygen atoms in total. The molecule has 0 aliphatic heterocycles. The number of aromatic nitrogens is 1. The zero-order valence-corrected chi connectivity index (χ0v) is 14.8. The van der Waals surface area contributed by atoms with Gasteiger partial charge in [-0.3, -0.25) is 4.79 Å². The number of carbonyl (C=O) groups is 1. The molecule has 0 saturated carbocycles. The summed E-state index contributed by atoms with van der Waals surface area (Å²) in [6, 6.07) is 6.42. The van der Waals surface area contributed by atoms with E-state index >= 15 is 0 Å². The van der Waals surface area contributed by atoms with Gasteiger partial charge in [0.15, 0.2) is 5.75 Å². The van der Waals surface area contributed by atoms with Crippen LogP contribution in [-0.2, 0) is 11.2 Å². The Morgan fingerprint density at radius 3 is 2.61 bits per heavy atom. The maximum absolute atomic E-state index is 11.8. The molecule has 0 unspecified atom stereocenters. The van der Waals surface area contributed by atoms with Gasteiger partial charge in [0, 0.05) is 24.2 Å². The highest BCUT2D eigenvalue weighted by Crippen LogP contribution is 2.28. The summed E-state index contributed by atoms with van der Waals surface area (Å²) in [5.74, 6) is 0.276. The number of hydrogen-bond acceptors (Lipinski definition) is 3. The molecule has 1 N–H and O–H groups in total. The summed E-state index contributed by atoms with van der Waals surface area (Å²) >= 11 is 0. The first kappa shape index (κ1) is 17.5. The normalized spacial score (nSPS) is 11.8. The van der Waals surface area contributed by atoms with Crippen molar-refractivity contribution < 1.29 is 9.53 Å². The lowest BCUT2D eigenvalue weighted by molar-refractivity contribution is -0.137. The molecular formula is C19H28N2O2. The Labute approximate surface area is 138 Å². The van der Waals surface area contributed by atoms with Gasteiger partial charge >= 0.3 is 5.97 Å². The third-order valence-electron chi connectivity index (χ3n) is 4.25. The van der Waals surface area contributed by atoms with E-state index in [9.17, 15) is 4.79 Å². The lowest BCUT2D eigenvalue weighted by Crippen LogP contribution is -2.32. The second kappa shape index (κ2) is 7.64. The molecule has 0 aliphatic carbocycles. The van der Waals surface area contributed by atoms with Gasteiger partial charge < -0.3 is 14.6 Å². The Morgan fingerprint density at radius 2 is 2.00 bits per heavy atom. The topological polar surface area (TPSA) is 45.3 Å². The molecule has 0 atom stereocenters. The summed E-state index contributed by atoms with van der Waals surface area (Å²) in [6.45, 7) is 12.4. The number of ether oxygens (including phenoxy) is 1. The van der Waals surface area contributed by atoms with E-state index in [1.165, 1.54) is 5.56 Å². The zero-order valence-electron chi connectivity index (χ0n) is 14.8.